The normalized spacial score (nSPS) is 11.5. The zero-order chi connectivity index (χ0) is 23.3. The second kappa shape index (κ2) is 9.69. The number of methoxy groups -OCH3 is 1. The van der Waals surface area contributed by atoms with Crippen LogP contribution in [0.15, 0.2) is 51.9 Å². The molecule has 2 N–H and O–H groups in total. The van der Waals surface area contributed by atoms with E-state index in [0.717, 1.165) is 5.56 Å². The lowest BCUT2D eigenvalue weighted by Gasteiger charge is -2.14. The van der Waals surface area contributed by atoms with Gasteiger partial charge in [0.1, 0.15) is 22.0 Å². The third-order valence-corrected chi connectivity index (χ3v) is 6.12. The zero-order valence-electron chi connectivity index (χ0n) is 18.3. The van der Waals surface area contributed by atoms with Gasteiger partial charge >= 0.3 is 0 Å². The Morgan fingerprint density at radius 2 is 1.94 bits per heavy atom. The Morgan fingerprint density at radius 3 is 2.62 bits per heavy atom. The number of aromatic nitrogens is 1. The van der Waals surface area contributed by atoms with Crippen molar-refractivity contribution in [2.75, 3.05) is 17.1 Å². The van der Waals surface area contributed by atoms with Crippen molar-refractivity contribution in [3.63, 3.8) is 0 Å². The van der Waals surface area contributed by atoms with E-state index < -0.39 is 10.0 Å². The Morgan fingerprint density at radius 1 is 1.19 bits per heavy atom. The molecule has 168 valence electrons. The number of aryl methyl sites for hydroxylation is 2. The van der Waals surface area contributed by atoms with Gasteiger partial charge in [0.15, 0.2) is 5.76 Å². The van der Waals surface area contributed by atoms with Gasteiger partial charge in [-0.15, -0.1) is 0 Å². The van der Waals surface area contributed by atoms with Crippen molar-refractivity contribution in [3.05, 3.63) is 65.0 Å². The Kier molecular flexibility index (Phi) is 6.99. The maximum Gasteiger partial charge on any atom is 0.265 e. The molecule has 9 heteroatoms. The number of ether oxygens (including phenoxy) is 1. The largest absolute Gasteiger partial charge is 0.495 e. The quantitative estimate of drug-likeness (QED) is 0.518. The number of rotatable bonds is 8. The molecule has 0 aliphatic rings. The Labute approximate surface area is 187 Å². The third kappa shape index (κ3) is 5.17. The van der Waals surface area contributed by atoms with E-state index >= 15 is 0 Å². The number of nitrogens with zero attached hydrogens (tertiary/aromatic N) is 1. The maximum atomic E-state index is 13.2. The fourth-order valence-electron chi connectivity index (χ4n) is 3.14. The second-order valence-electron chi connectivity index (χ2n) is 7.05. The van der Waals surface area contributed by atoms with Crippen molar-refractivity contribution in [3.8, 4) is 5.75 Å². The van der Waals surface area contributed by atoms with Crippen LogP contribution in [0.5, 0.6) is 5.75 Å². The SMILES string of the molecule is CCc1ccccc1NS(=O)(=O)c1cc(/C=C\c2onc(C)c2NC(C)=O)ccc1OC. The highest BCUT2D eigenvalue weighted by Gasteiger charge is 2.21. The fraction of sp³-hybridized carbons (Fsp3) is 0.217. The predicted octanol–water partition coefficient (Wildman–Crippen LogP) is 4.48. The number of benzene rings is 2. The van der Waals surface area contributed by atoms with E-state index in [-0.39, 0.29) is 16.6 Å². The Bertz CT molecular complexity index is 1260. The minimum absolute atomic E-state index is 0.00360. The summed E-state index contributed by atoms with van der Waals surface area (Å²) in [6, 6.07) is 12.1. The number of hydrogen-bond donors (Lipinski definition) is 2. The van der Waals surface area contributed by atoms with Crippen LogP contribution >= 0.6 is 0 Å². The topological polar surface area (TPSA) is 111 Å². The summed E-state index contributed by atoms with van der Waals surface area (Å²) in [6.07, 6.45) is 3.97. The number of carbonyl (C=O) groups is 1. The number of anilines is 2. The number of nitrogens with one attached hydrogen (secondary N) is 2. The van der Waals surface area contributed by atoms with E-state index in [4.69, 9.17) is 9.26 Å². The molecule has 1 heterocycles. The minimum atomic E-state index is -3.92. The van der Waals surface area contributed by atoms with Crippen molar-refractivity contribution in [2.45, 2.75) is 32.1 Å². The van der Waals surface area contributed by atoms with Crippen LogP contribution in [0.25, 0.3) is 12.2 Å². The summed E-state index contributed by atoms with van der Waals surface area (Å²) in [4.78, 5) is 11.4. The molecule has 1 amide bonds. The van der Waals surface area contributed by atoms with Gasteiger partial charge < -0.3 is 14.6 Å². The van der Waals surface area contributed by atoms with Crippen molar-refractivity contribution in [1.29, 1.82) is 0 Å². The van der Waals surface area contributed by atoms with Crippen molar-refractivity contribution < 1.29 is 22.5 Å². The number of carbonyl (C=O) groups excluding carboxylic acids is 1. The summed E-state index contributed by atoms with van der Waals surface area (Å²) < 4.78 is 39.5. The van der Waals surface area contributed by atoms with Crippen LogP contribution < -0.4 is 14.8 Å². The smallest absolute Gasteiger partial charge is 0.265 e. The van der Waals surface area contributed by atoms with Crippen molar-refractivity contribution >= 4 is 39.5 Å². The Balaban J connectivity index is 1.96. The van der Waals surface area contributed by atoms with Gasteiger partial charge in [-0.1, -0.05) is 42.4 Å². The van der Waals surface area contributed by atoms with Gasteiger partial charge in [0.2, 0.25) is 5.91 Å². The van der Waals surface area contributed by atoms with E-state index in [2.05, 4.69) is 15.2 Å². The van der Waals surface area contributed by atoms with Crippen LogP contribution in [0, 0.1) is 6.92 Å². The first-order valence-corrected chi connectivity index (χ1v) is 11.4. The summed E-state index contributed by atoms with van der Waals surface area (Å²) in [5.74, 6) is 0.327. The molecular formula is C23H25N3O5S. The van der Waals surface area contributed by atoms with Gasteiger partial charge in [0, 0.05) is 6.92 Å². The summed E-state index contributed by atoms with van der Waals surface area (Å²) in [7, 11) is -2.50. The van der Waals surface area contributed by atoms with Gasteiger partial charge in [-0.3, -0.25) is 9.52 Å². The van der Waals surface area contributed by atoms with Gasteiger partial charge in [-0.05, 0) is 48.7 Å². The Hall–Kier alpha value is -3.59. The minimum Gasteiger partial charge on any atom is -0.495 e. The van der Waals surface area contributed by atoms with Crippen LogP contribution in [0.4, 0.5) is 11.4 Å². The van der Waals surface area contributed by atoms with Crippen LogP contribution in [0.3, 0.4) is 0 Å². The molecule has 0 aliphatic carbocycles. The molecule has 32 heavy (non-hydrogen) atoms. The fourth-order valence-corrected chi connectivity index (χ4v) is 4.44. The van der Waals surface area contributed by atoms with Crippen LogP contribution in [0.2, 0.25) is 0 Å². The third-order valence-electron chi connectivity index (χ3n) is 4.74. The van der Waals surface area contributed by atoms with Gasteiger partial charge in [0.05, 0.1) is 12.8 Å². The molecule has 2 aromatic carbocycles. The molecular weight excluding hydrogens is 430 g/mol. The standard InChI is InChI=1S/C23H25N3O5S/c1-5-18-8-6-7-9-19(18)26-32(28,29)22-14-17(10-12-20(22)30-4)11-13-21-23(24-16(3)27)15(2)25-31-21/h6-14,26H,5H2,1-4H3,(H,24,27)/b13-11-. The van der Waals surface area contributed by atoms with Crippen LogP contribution in [-0.4, -0.2) is 26.6 Å². The molecule has 0 atom stereocenters. The molecule has 0 radical (unpaired) electrons. The molecule has 0 spiro atoms. The molecule has 0 aliphatic heterocycles. The molecule has 1 aromatic heterocycles. The predicted molar refractivity (Wildman–Crippen MR) is 124 cm³/mol. The lowest BCUT2D eigenvalue weighted by molar-refractivity contribution is -0.114. The highest BCUT2D eigenvalue weighted by atomic mass is 32.2. The molecule has 0 unspecified atom stereocenters. The van der Waals surface area contributed by atoms with Crippen molar-refractivity contribution in [1.82, 2.24) is 5.16 Å². The van der Waals surface area contributed by atoms with E-state index in [1.807, 2.05) is 19.1 Å². The molecule has 3 rings (SSSR count). The monoisotopic (exact) mass is 455 g/mol. The van der Waals surface area contributed by atoms with E-state index in [9.17, 15) is 13.2 Å². The number of amides is 1. The lowest BCUT2D eigenvalue weighted by Crippen LogP contribution is -2.15. The highest BCUT2D eigenvalue weighted by Crippen LogP contribution is 2.29. The molecule has 0 saturated carbocycles. The second-order valence-corrected chi connectivity index (χ2v) is 8.70. The highest BCUT2D eigenvalue weighted by molar-refractivity contribution is 7.92. The molecule has 0 saturated heterocycles. The average Bonchev–Trinajstić information content (AvgIpc) is 3.11. The average molecular weight is 456 g/mol. The lowest BCUT2D eigenvalue weighted by atomic mass is 10.1. The molecule has 0 fully saturated rings. The van der Waals surface area contributed by atoms with Crippen LogP contribution in [0.1, 0.15) is 36.4 Å². The summed E-state index contributed by atoms with van der Waals surface area (Å²) in [5.41, 5.74) is 3.01. The summed E-state index contributed by atoms with van der Waals surface area (Å²) in [5, 5.41) is 6.54. The van der Waals surface area contributed by atoms with Gasteiger partial charge in [-0.2, -0.15) is 0 Å². The molecule has 8 nitrogen and oxygen atoms in total. The van der Waals surface area contributed by atoms with Crippen LogP contribution in [-0.2, 0) is 21.2 Å². The summed E-state index contributed by atoms with van der Waals surface area (Å²) >= 11 is 0. The summed E-state index contributed by atoms with van der Waals surface area (Å²) in [6.45, 7) is 5.06. The first kappa shape index (κ1) is 23.1. The van der Waals surface area contributed by atoms with E-state index in [1.165, 1.54) is 20.1 Å². The number of para-hydroxylation sites is 1. The van der Waals surface area contributed by atoms with E-state index in [1.54, 1.807) is 43.3 Å². The molecule has 0 bridgehead atoms. The first-order valence-electron chi connectivity index (χ1n) is 9.96. The maximum absolute atomic E-state index is 13.2. The molecule has 3 aromatic rings. The van der Waals surface area contributed by atoms with E-state index in [0.29, 0.717) is 34.8 Å². The van der Waals surface area contributed by atoms with Gasteiger partial charge in [-0.25, -0.2) is 8.42 Å². The van der Waals surface area contributed by atoms with Crippen molar-refractivity contribution in [2.24, 2.45) is 0 Å². The number of sulfonamides is 1. The number of hydrogen-bond acceptors (Lipinski definition) is 6. The zero-order valence-corrected chi connectivity index (χ0v) is 19.1. The first-order chi connectivity index (χ1) is 15.2. The van der Waals surface area contributed by atoms with Gasteiger partial charge in [0.25, 0.3) is 10.0 Å².